The lowest BCUT2D eigenvalue weighted by atomic mass is 10.0. The van der Waals surface area contributed by atoms with E-state index < -0.39 is 4.92 Å². The molecule has 0 amide bonds. The second-order valence-electron chi connectivity index (χ2n) is 6.34. The highest BCUT2D eigenvalue weighted by Crippen LogP contribution is 2.28. The maximum atomic E-state index is 12.3. The molecule has 0 bridgehead atoms. The van der Waals surface area contributed by atoms with E-state index in [9.17, 15) is 14.9 Å². The van der Waals surface area contributed by atoms with Gasteiger partial charge in [-0.15, -0.1) is 0 Å². The number of para-hydroxylation sites is 1. The zero-order valence-electron chi connectivity index (χ0n) is 14.8. The van der Waals surface area contributed by atoms with Gasteiger partial charge in [-0.05, 0) is 38.6 Å². The van der Waals surface area contributed by atoms with E-state index in [1.54, 1.807) is 24.3 Å². The number of aromatic amines is 1. The van der Waals surface area contributed by atoms with E-state index in [4.69, 9.17) is 0 Å². The number of nitrogens with one attached hydrogen (secondary N) is 1. The van der Waals surface area contributed by atoms with Gasteiger partial charge in [-0.2, -0.15) is 0 Å². The van der Waals surface area contributed by atoms with E-state index in [0.29, 0.717) is 16.7 Å². The number of rotatable bonds is 5. The van der Waals surface area contributed by atoms with E-state index in [1.165, 1.54) is 6.07 Å². The summed E-state index contributed by atoms with van der Waals surface area (Å²) in [7, 11) is 1.91. The van der Waals surface area contributed by atoms with Crippen molar-refractivity contribution in [3.8, 4) is 0 Å². The Bertz CT molecular complexity index is 1010. The largest absolute Gasteiger partial charge is 0.309 e. The highest BCUT2D eigenvalue weighted by Gasteiger charge is 2.22. The van der Waals surface area contributed by atoms with Crippen LogP contribution in [0, 0.1) is 10.1 Å². The molecule has 1 N–H and O–H groups in total. The van der Waals surface area contributed by atoms with Crippen molar-refractivity contribution >= 4 is 16.6 Å². The van der Waals surface area contributed by atoms with Crippen LogP contribution in [-0.2, 0) is 0 Å². The first-order chi connectivity index (χ1) is 12.4. The molecule has 134 valence electrons. The lowest BCUT2D eigenvalue weighted by Gasteiger charge is -2.30. The van der Waals surface area contributed by atoms with Crippen LogP contribution in [-0.4, -0.2) is 26.8 Å². The van der Waals surface area contributed by atoms with Crippen LogP contribution in [0.3, 0.4) is 0 Å². The normalized spacial score (nSPS) is 13.7. The van der Waals surface area contributed by atoms with E-state index in [0.717, 1.165) is 5.56 Å². The second-order valence-corrected chi connectivity index (χ2v) is 6.34. The maximum Gasteiger partial charge on any atom is 0.269 e. The number of benzene rings is 2. The molecular weight excluding hydrogens is 332 g/mol. The molecule has 7 nitrogen and oxygen atoms in total. The smallest absolute Gasteiger partial charge is 0.269 e. The molecule has 1 heterocycles. The van der Waals surface area contributed by atoms with Crippen LogP contribution in [0.2, 0.25) is 0 Å². The Labute approximate surface area is 150 Å². The average molecular weight is 352 g/mol. The van der Waals surface area contributed by atoms with Crippen LogP contribution in [0.5, 0.6) is 0 Å². The molecule has 0 saturated carbocycles. The molecule has 3 rings (SSSR count). The average Bonchev–Trinajstić information content (AvgIpc) is 2.66. The molecule has 1 aromatic heterocycles. The number of nitro groups is 1. The SMILES string of the molecule is C[C@@H](c1cccc([N+](=O)[O-])c1)N(C)[C@@H](C)c1nc2ccccc2c(=O)[nH]1. The van der Waals surface area contributed by atoms with Gasteiger partial charge in [0.2, 0.25) is 0 Å². The summed E-state index contributed by atoms with van der Waals surface area (Å²) in [5.74, 6) is 0.563. The molecule has 0 fully saturated rings. The van der Waals surface area contributed by atoms with Gasteiger partial charge in [0.25, 0.3) is 11.2 Å². The number of fused-ring (bicyclic) bond motifs is 1. The molecule has 0 unspecified atom stereocenters. The van der Waals surface area contributed by atoms with Gasteiger partial charge in [-0.3, -0.25) is 19.8 Å². The van der Waals surface area contributed by atoms with E-state index in [2.05, 4.69) is 9.97 Å². The summed E-state index contributed by atoms with van der Waals surface area (Å²) in [5, 5.41) is 11.6. The Kier molecular flexibility index (Phi) is 4.81. The third kappa shape index (κ3) is 3.34. The van der Waals surface area contributed by atoms with Gasteiger partial charge in [0.05, 0.1) is 21.9 Å². The lowest BCUT2D eigenvalue weighted by Crippen LogP contribution is -2.28. The Morgan fingerprint density at radius 3 is 2.58 bits per heavy atom. The molecule has 3 aromatic rings. The van der Waals surface area contributed by atoms with Crippen molar-refractivity contribution in [2.75, 3.05) is 7.05 Å². The number of H-pyrrole nitrogens is 1. The van der Waals surface area contributed by atoms with Crippen LogP contribution in [0.4, 0.5) is 5.69 Å². The quantitative estimate of drug-likeness (QED) is 0.559. The van der Waals surface area contributed by atoms with Crippen molar-refractivity contribution in [1.29, 1.82) is 0 Å². The fourth-order valence-corrected chi connectivity index (χ4v) is 2.96. The standard InChI is InChI=1S/C19H20N4O3/c1-12(14-7-6-8-15(11-14)23(25)26)22(3)13(2)18-20-17-10-5-4-9-16(17)19(24)21-18/h4-13H,1-3H3,(H,20,21,24)/t12-,13-/m0/s1. The third-order valence-electron chi connectivity index (χ3n) is 4.81. The van der Waals surface area contributed by atoms with Gasteiger partial charge in [-0.1, -0.05) is 24.3 Å². The van der Waals surface area contributed by atoms with Gasteiger partial charge < -0.3 is 4.98 Å². The number of non-ortho nitro benzene ring substituents is 1. The maximum absolute atomic E-state index is 12.3. The number of aromatic nitrogens is 2. The molecule has 0 saturated heterocycles. The lowest BCUT2D eigenvalue weighted by molar-refractivity contribution is -0.385. The molecule has 7 heteroatoms. The predicted octanol–water partition coefficient (Wildman–Crippen LogP) is 3.59. The van der Waals surface area contributed by atoms with Crippen LogP contribution < -0.4 is 5.56 Å². The first-order valence-electron chi connectivity index (χ1n) is 8.33. The van der Waals surface area contributed by atoms with Crippen LogP contribution in [0.15, 0.2) is 53.3 Å². The number of nitro benzene ring substituents is 1. The molecule has 2 aromatic carbocycles. The first-order valence-corrected chi connectivity index (χ1v) is 8.33. The Morgan fingerprint density at radius 1 is 1.12 bits per heavy atom. The molecule has 0 aliphatic rings. The van der Waals surface area contributed by atoms with Crippen molar-refractivity contribution in [2.45, 2.75) is 25.9 Å². The number of hydrogen-bond acceptors (Lipinski definition) is 5. The van der Waals surface area contributed by atoms with Gasteiger partial charge >= 0.3 is 0 Å². The molecule has 0 spiro atoms. The summed E-state index contributed by atoms with van der Waals surface area (Å²) >= 11 is 0. The van der Waals surface area contributed by atoms with Gasteiger partial charge in [-0.25, -0.2) is 4.98 Å². The highest BCUT2D eigenvalue weighted by atomic mass is 16.6. The van der Waals surface area contributed by atoms with Crippen LogP contribution >= 0.6 is 0 Å². The monoisotopic (exact) mass is 352 g/mol. The summed E-state index contributed by atoms with van der Waals surface area (Å²) in [4.78, 5) is 32.3. The molecule has 0 aliphatic carbocycles. The third-order valence-corrected chi connectivity index (χ3v) is 4.81. The number of nitrogens with zero attached hydrogens (tertiary/aromatic N) is 3. The molecule has 26 heavy (non-hydrogen) atoms. The van der Waals surface area contributed by atoms with Crippen molar-refractivity contribution in [1.82, 2.24) is 14.9 Å². The molecule has 0 radical (unpaired) electrons. The minimum absolute atomic E-state index is 0.0626. The van der Waals surface area contributed by atoms with Gasteiger partial charge in [0, 0.05) is 18.2 Å². The summed E-state index contributed by atoms with van der Waals surface area (Å²) in [6.07, 6.45) is 0. The summed E-state index contributed by atoms with van der Waals surface area (Å²) in [6.45, 7) is 3.91. The fraction of sp³-hybridized carbons (Fsp3) is 0.263. The van der Waals surface area contributed by atoms with Crippen molar-refractivity contribution in [2.24, 2.45) is 0 Å². The van der Waals surface area contributed by atoms with E-state index >= 15 is 0 Å². The van der Waals surface area contributed by atoms with Crippen LogP contribution in [0.25, 0.3) is 10.9 Å². The summed E-state index contributed by atoms with van der Waals surface area (Å²) < 4.78 is 0. The predicted molar refractivity (Wildman–Crippen MR) is 100 cm³/mol. The zero-order chi connectivity index (χ0) is 18.8. The molecule has 2 atom stereocenters. The summed E-state index contributed by atoms with van der Waals surface area (Å²) in [5.41, 5.74) is 1.37. The molecule has 0 aliphatic heterocycles. The fourth-order valence-electron chi connectivity index (χ4n) is 2.96. The Hall–Kier alpha value is -3.06. The zero-order valence-corrected chi connectivity index (χ0v) is 14.8. The summed E-state index contributed by atoms with van der Waals surface area (Å²) in [6, 6.07) is 13.5. The van der Waals surface area contributed by atoms with Crippen molar-refractivity contribution < 1.29 is 4.92 Å². The second kappa shape index (κ2) is 7.05. The minimum Gasteiger partial charge on any atom is -0.309 e. The molecular formula is C19H20N4O3. The van der Waals surface area contributed by atoms with Crippen LogP contribution in [0.1, 0.15) is 37.3 Å². The van der Waals surface area contributed by atoms with E-state index in [1.807, 2.05) is 44.0 Å². The number of hydrogen-bond donors (Lipinski definition) is 1. The Balaban J connectivity index is 1.92. The van der Waals surface area contributed by atoms with Crippen molar-refractivity contribution in [3.05, 3.63) is 80.4 Å². The first kappa shape index (κ1) is 17.8. The topological polar surface area (TPSA) is 92.1 Å². The van der Waals surface area contributed by atoms with Gasteiger partial charge in [0.15, 0.2) is 0 Å². The minimum atomic E-state index is -0.401. The van der Waals surface area contributed by atoms with Gasteiger partial charge in [0.1, 0.15) is 5.82 Å². The highest BCUT2D eigenvalue weighted by molar-refractivity contribution is 5.77. The Morgan fingerprint density at radius 2 is 1.85 bits per heavy atom. The van der Waals surface area contributed by atoms with Crippen molar-refractivity contribution in [3.63, 3.8) is 0 Å². The van der Waals surface area contributed by atoms with E-state index in [-0.39, 0.29) is 23.3 Å².